The Morgan fingerprint density at radius 2 is 1.97 bits per heavy atom. The van der Waals surface area contributed by atoms with Crippen LogP contribution in [0.25, 0.3) is 0 Å². The maximum atomic E-state index is 11.8. The van der Waals surface area contributed by atoms with Crippen molar-refractivity contribution in [3.05, 3.63) is 65.9 Å². The molecule has 1 atom stereocenters. The van der Waals surface area contributed by atoms with Crippen LogP contribution in [0.5, 0.6) is 0 Å². The smallest absolute Gasteiger partial charge is 0.254 e. The molecular formula is C23H26N6O2. The zero-order valence-electron chi connectivity index (χ0n) is 17.4. The van der Waals surface area contributed by atoms with Gasteiger partial charge < -0.3 is 26.4 Å². The molecule has 0 bridgehead atoms. The van der Waals surface area contributed by atoms with Crippen molar-refractivity contribution in [2.45, 2.75) is 25.9 Å². The van der Waals surface area contributed by atoms with Gasteiger partial charge in [0.25, 0.3) is 5.91 Å². The number of aryl methyl sites for hydroxylation is 1. The Morgan fingerprint density at radius 3 is 2.68 bits per heavy atom. The second kappa shape index (κ2) is 9.01. The molecule has 31 heavy (non-hydrogen) atoms. The summed E-state index contributed by atoms with van der Waals surface area (Å²) < 4.78 is 0. The van der Waals surface area contributed by atoms with E-state index in [2.05, 4.69) is 25.5 Å². The maximum absolute atomic E-state index is 11.8. The second-order valence-corrected chi connectivity index (χ2v) is 7.73. The number of β-amino-alcohol motifs (C(OH)–C–C–N with tert-alkyl or cyclic N) is 1. The highest BCUT2D eigenvalue weighted by Crippen LogP contribution is 2.25. The first-order chi connectivity index (χ1) is 15.0. The van der Waals surface area contributed by atoms with Crippen molar-refractivity contribution in [1.29, 1.82) is 0 Å². The van der Waals surface area contributed by atoms with Gasteiger partial charge in [0.2, 0.25) is 5.95 Å². The van der Waals surface area contributed by atoms with Gasteiger partial charge in [0.1, 0.15) is 11.4 Å². The van der Waals surface area contributed by atoms with Crippen LogP contribution in [0.3, 0.4) is 0 Å². The molecule has 2 aromatic carbocycles. The fraction of sp³-hybridized carbons (Fsp3) is 0.261. The zero-order valence-corrected chi connectivity index (χ0v) is 17.4. The van der Waals surface area contributed by atoms with Gasteiger partial charge in [-0.15, -0.1) is 0 Å². The second-order valence-electron chi connectivity index (χ2n) is 7.73. The minimum absolute atomic E-state index is 0.214. The average molecular weight is 419 g/mol. The van der Waals surface area contributed by atoms with E-state index in [0.717, 1.165) is 42.0 Å². The summed E-state index contributed by atoms with van der Waals surface area (Å²) in [6, 6.07) is 15.6. The molecule has 5 N–H and O–H groups in total. The number of piperidine rings is 1. The van der Waals surface area contributed by atoms with Gasteiger partial charge >= 0.3 is 0 Å². The van der Waals surface area contributed by atoms with E-state index in [1.165, 1.54) is 6.20 Å². The van der Waals surface area contributed by atoms with Crippen molar-refractivity contribution < 1.29 is 9.90 Å². The van der Waals surface area contributed by atoms with Crippen molar-refractivity contribution in [1.82, 2.24) is 9.97 Å². The summed E-state index contributed by atoms with van der Waals surface area (Å²) in [5, 5.41) is 16.2. The Labute approximate surface area is 181 Å². The van der Waals surface area contributed by atoms with Crippen molar-refractivity contribution in [2.24, 2.45) is 5.73 Å². The lowest BCUT2D eigenvalue weighted by molar-refractivity contribution is 0.100. The minimum Gasteiger partial charge on any atom is -0.391 e. The van der Waals surface area contributed by atoms with Gasteiger partial charge in [-0.05, 0) is 61.7 Å². The van der Waals surface area contributed by atoms with E-state index in [1.54, 1.807) is 0 Å². The van der Waals surface area contributed by atoms with E-state index in [4.69, 9.17) is 5.73 Å². The van der Waals surface area contributed by atoms with Gasteiger partial charge in [-0.25, -0.2) is 4.98 Å². The largest absolute Gasteiger partial charge is 0.391 e. The van der Waals surface area contributed by atoms with Crippen LogP contribution in [-0.4, -0.2) is 40.2 Å². The van der Waals surface area contributed by atoms with Crippen molar-refractivity contribution in [3.63, 3.8) is 0 Å². The van der Waals surface area contributed by atoms with Crippen molar-refractivity contribution in [3.8, 4) is 0 Å². The molecule has 0 spiro atoms. The summed E-state index contributed by atoms with van der Waals surface area (Å²) in [5.41, 5.74) is 9.48. The Morgan fingerprint density at radius 1 is 1.16 bits per heavy atom. The molecule has 0 radical (unpaired) electrons. The number of nitrogens with one attached hydrogen (secondary N) is 2. The van der Waals surface area contributed by atoms with Crippen LogP contribution in [0.1, 0.15) is 28.8 Å². The molecule has 0 saturated carbocycles. The molecule has 3 aromatic rings. The molecule has 160 valence electrons. The van der Waals surface area contributed by atoms with E-state index < -0.39 is 5.91 Å². The quantitative estimate of drug-likeness (QED) is 0.485. The van der Waals surface area contributed by atoms with Crippen LogP contribution in [0.2, 0.25) is 0 Å². The summed E-state index contributed by atoms with van der Waals surface area (Å²) in [6.07, 6.45) is 2.98. The van der Waals surface area contributed by atoms with Crippen LogP contribution in [-0.2, 0) is 0 Å². The van der Waals surface area contributed by atoms with E-state index in [0.29, 0.717) is 18.3 Å². The number of hydrogen-bond acceptors (Lipinski definition) is 7. The number of rotatable bonds is 6. The summed E-state index contributed by atoms with van der Waals surface area (Å²) in [7, 11) is 0. The number of amides is 1. The number of aromatic nitrogens is 2. The SMILES string of the molecule is Cc1cccc(Nc2nc(Nc3ccc(N4CCC[C@@H](O)C4)cc3)ncc2C(N)=O)c1. The third kappa shape index (κ3) is 5.10. The Balaban J connectivity index is 1.52. The Kier molecular flexibility index (Phi) is 5.99. The lowest BCUT2D eigenvalue weighted by Gasteiger charge is -2.32. The third-order valence-electron chi connectivity index (χ3n) is 5.22. The molecule has 1 aromatic heterocycles. The predicted octanol–water partition coefficient (Wildman–Crippen LogP) is 3.33. The van der Waals surface area contributed by atoms with Gasteiger partial charge in [-0.2, -0.15) is 4.98 Å². The summed E-state index contributed by atoms with van der Waals surface area (Å²) in [5.74, 6) is 0.0885. The number of nitrogens with two attached hydrogens (primary N) is 1. The van der Waals surface area contributed by atoms with Gasteiger partial charge in [-0.3, -0.25) is 4.79 Å². The van der Waals surface area contributed by atoms with Gasteiger partial charge in [0.15, 0.2) is 0 Å². The standard InChI is InChI=1S/C23H26N6O2/c1-15-4-2-5-17(12-15)26-22-20(21(24)31)13-25-23(28-22)27-16-7-9-18(10-8-16)29-11-3-6-19(30)14-29/h2,4-5,7-10,12-13,19,30H,3,6,11,14H2,1H3,(H2,24,31)(H2,25,26,27,28)/t19-/m1/s1. The first kappa shape index (κ1) is 20.6. The van der Waals surface area contributed by atoms with E-state index in [1.807, 2.05) is 55.5 Å². The summed E-state index contributed by atoms with van der Waals surface area (Å²) >= 11 is 0. The molecular weight excluding hydrogens is 392 g/mol. The number of benzene rings is 2. The number of primary amides is 1. The number of anilines is 5. The van der Waals surface area contributed by atoms with Crippen LogP contribution in [0.4, 0.5) is 28.8 Å². The molecule has 1 saturated heterocycles. The van der Waals surface area contributed by atoms with Crippen LogP contribution < -0.4 is 21.3 Å². The van der Waals surface area contributed by atoms with E-state index in [9.17, 15) is 9.90 Å². The Hall–Kier alpha value is -3.65. The first-order valence-electron chi connectivity index (χ1n) is 10.3. The monoisotopic (exact) mass is 418 g/mol. The highest BCUT2D eigenvalue weighted by Gasteiger charge is 2.18. The van der Waals surface area contributed by atoms with Crippen molar-refractivity contribution >= 4 is 34.7 Å². The number of aliphatic hydroxyl groups excluding tert-OH is 1. The molecule has 8 nitrogen and oxygen atoms in total. The molecule has 0 unspecified atom stereocenters. The minimum atomic E-state index is -0.602. The van der Waals surface area contributed by atoms with E-state index in [-0.39, 0.29) is 11.7 Å². The fourth-order valence-corrected chi connectivity index (χ4v) is 3.65. The molecule has 1 aliphatic rings. The molecule has 1 aliphatic heterocycles. The van der Waals surface area contributed by atoms with Gasteiger partial charge in [0, 0.05) is 36.3 Å². The van der Waals surface area contributed by atoms with Gasteiger partial charge in [0.05, 0.1) is 6.10 Å². The lowest BCUT2D eigenvalue weighted by Crippen LogP contribution is -2.38. The summed E-state index contributed by atoms with van der Waals surface area (Å²) in [4.78, 5) is 22.7. The third-order valence-corrected chi connectivity index (χ3v) is 5.22. The summed E-state index contributed by atoms with van der Waals surface area (Å²) in [6.45, 7) is 3.58. The number of nitrogens with zero attached hydrogens (tertiary/aromatic N) is 3. The highest BCUT2D eigenvalue weighted by molar-refractivity contribution is 5.98. The Bertz CT molecular complexity index is 1070. The first-order valence-corrected chi connectivity index (χ1v) is 10.3. The molecule has 2 heterocycles. The average Bonchev–Trinajstić information content (AvgIpc) is 2.74. The van der Waals surface area contributed by atoms with Crippen molar-refractivity contribution in [2.75, 3.05) is 28.6 Å². The molecule has 8 heteroatoms. The zero-order chi connectivity index (χ0) is 21.8. The normalized spacial score (nSPS) is 16.1. The predicted molar refractivity (Wildman–Crippen MR) is 122 cm³/mol. The number of hydrogen-bond donors (Lipinski definition) is 4. The maximum Gasteiger partial charge on any atom is 0.254 e. The van der Waals surface area contributed by atoms with Crippen LogP contribution in [0, 0.1) is 6.92 Å². The lowest BCUT2D eigenvalue weighted by atomic mass is 10.1. The molecule has 1 fully saturated rings. The van der Waals surface area contributed by atoms with Crippen LogP contribution >= 0.6 is 0 Å². The molecule has 0 aliphatic carbocycles. The number of carbonyl (C=O) groups excluding carboxylic acids is 1. The highest BCUT2D eigenvalue weighted by atomic mass is 16.3. The fourth-order valence-electron chi connectivity index (χ4n) is 3.65. The molecule has 1 amide bonds. The number of carbonyl (C=O) groups is 1. The topological polar surface area (TPSA) is 116 Å². The molecule has 4 rings (SSSR count). The van der Waals surface area contributed by atoms with E-state index >= 15 is 0 Å². The van der Waals surface area contributed by atoms with Gasteiger partial charge in [-0.1, -0.05) is 12.1 Å². The van der Waals surface area contributed by atoms with Crippen LogP contribution in [0.15, 0.2) is 54.7 Å². The number of aliphatic hydroxyl groups is 1.